The van der Waals surface area contributed by atoms with Gasteiger partial charge in [0.2, 0.25) is 5.88 Å². The number of azo groups is 1. The van der Waals surface area contributed by atoms with E-state index in [2.05, 4.69) is 10.2 Å². The molecule has 8 heteroatoms. The topological polar surface area (TPSA) is 104 Å². The van der Waals surface area contributed by atoms with Gasteiger partial charge in [-0.2, -0.15) is 10.4 Å². The van der Waals surface area contributed by atoms with Crippen LogP contribution in [-0.2, 0) is 6.54 Å². The van der Waals surface area contributed by atoms with Crippen LogP contribution in [0, 0.1) is 18.3 Å². The second-order valence-corrected chi connectivity index (χ2v) is 5.87. The van der Waals surface area contributed by atoms with Gasteiger partial charge in [-0.25, -0.2) is 0 Å². The van der Waals surface area contributed by atoms with Crippen molar-refractivity contribution in [3.8, 4) is 11.9 Å². The summed E-state index contributed by atoms with van der Waals surface area (Å²) >= 11 is 5.83. The molecule has 0 radical (unpaired) electrons. The van der Waals surface area contributed by atoms with E-state index in [9.17, 15) is 15.2 Å². The molecule has 0 fully saturated rings. The predicted octanol–water partition coefficient (Wildman–Crippen LogP) is 4.44. The number of pyridine rings is 1. The van der Waals surface area contributed by atoms with Crippen LogP contribution in [0.4, 0.5) is 11.4 Å². The van der Waals surface area contributed by atoms with E-state index in [1.54, 1.807) is 36.4 Å². The first-order valence-corrected chi connectivity index (χ1v) is 7.95. The normalized spacial score (nSPS) is 11.0. The van der Waals surface area contributed by atoms with E-state index in [0.717, 1.165) is 4.57 Å². The standard InChI is InChI=1S/C18H13ClN4O3/c1-11-15(9-20)17(24)23(10-14-3-2-8-26-14)18(25)16(11)22-21-13-6-4-12(19)5-7-13/h2-8,24H,10H2,1H3. The first-order valence-electron chi connectivity index (χ1n) is 7.57. The fourth-order valence-corrected chi connectivity index (χ4v) is 2.50. The second kappa shape index (κ2) is 7.25. The Hall–Kier alpha value is -3.37. The summed E-state index contributed by atoms with van der Waals surface area (Å²) in [5.74, 6) is 0.0209. The molecule has 2 heterocycles. The molecule has 0 saturated carbocycles. The van der Waals surface area contributed by atoms with E-state index >= 15 is 0 Å². The Morgan fingerprint density at radius 2 is 2.00 bits per heavy atom. The molecule has 130 valence electrons. The number of halogens is 1. The van der Waals surface area contributed by atoms with Crippen LogP contribution >= 0.6 is 11.6 Å². The minimum absolute atomic E-state index is 0.0270. The molecule has 1 N–H and O–H groups in total. The van der Waals surface area contributed by atoms with Gasteiger partial charge in [-0.1, -0.05) is 11.6 Å². The van der Waals surface area contributed by atoms with Crippen molar-refractivity contribution < 1.29 is 9.52 Å². The Labute approximate surface area is 153 Å². The fraction of sp³-hybridized carbons (Fsp3) is 0.111. The summed E-state index contributed by atoms with van der Waals surface area (Å²) in [7, 11) is 0. The van der Waals surface area contributed by atoms with E-state index in [1.165, 1.54) is 13.2 Å². The third-order valence-electron chi connectivity index (χ3n) is 3.76. The molecule has 0 spiro atoms. The summed E-state index contributed by atoms with van der Waals surface area (Å²) in [5.41, 5.74) is 0.107. The number of furan rings is 1. The lowest BCUT2D eigenvalue weighted by atomic mass is 10.1. The Morgan fingerprint density at radius 1 is 1.27 bits per heavy atom. The maximum Gasteiger partial charge on any atom is 0.281 e. The fourth-order valence-electron chi connectivity index (χ4n) is 2.38. The summed E-state index contributed by atoms with van der Waals surface area (Å²) in [6.45, 7) is 1.50. The molecule has 3 rings (SSSR count). The SMILES string of the molecule is Cc1c(C#N)c(O)n(Cc2ccco2)c(=O)c1N=Nc1ccc(Cl)cc1. The molecule has 0 aliphatic carbocycles. The predicted molar refractivity (Wildman–Crippen MR) is 95.3 cm³/mol. The third-order valence-corrected chi connectivity index (χ3v) is 4.01. The molecule has 7 nitrogen and oxygen atoms in total. The molecular formula is C18H13ClN4O3. The lowest BCUT2D eigenvalue weighted by molar-refractivity contribution is 0.397. The average molecular weight is 369 g/mol. The van der Waals surface area contributed by atoms with Crippen LogP contribution < -0.4 is 5.56 Å². The Kier molecular flexibility index (Phi) is 4.87. The van der Waals surface area contributed by atoms with Gasteiger partial charge in [-0.15, -0.1) is 5.11 Å². The van der Waals surface area contributed by atoms with Gasteiger partial charge in [-0.3, -0.25) is 9.36 Å². The van der Waals surface area contributed by atoms with Gasteiger partial charge in [0.25, 0.3) is 5.56 Å². The largest absolute Gasteiger partial charge is 0.493 e. The maximum atomic E-state index is 12.8. The van der Waals surface area contributed by atoms with Crippen LogP contribution in [0.15, 0.2) is 62.1 Å². The minimum Gasteiger partial charge on any atom is -0.493 e. The number of benzene rings is 1. The van der Waals surface area contributed by atoms with Gasteiger partial charge in [-0.05, 0) is 43.3 Å². The number of aromatic hydroxyl groups is 1. The van der Waals surface area contributed by atoms with E-state index in [4.69, 9.17) is 16.0 Å². The van der Waals surface area contributed by atoms with Gasteiger partial charge in [0, 0.05) is 10.6 Å². The number of rotatable bonds is 4. The summed E-state index contributed by atoms with van der Waals surface area (Å²) in [4.78, 5) is 12.8. The summed E-state index contributed by atoms with van der Waals surface area (Å²) in [5, 5.41) is 28.2. The van der Waals surface area contributed by atoms with Gasteiger partial charge in [0.05, 0.1) is 18.5 Å². The number of nitriles is 1. The number of hydrogen-bond donors (Lipinski definition) is 1. The van der Waals surface area contributed by atoms with Crippen molar-refractivity contribution in [1.82, 2.24) is 4.57 Å². The summed E-state index contributed by atoms with van der Waals surface area (Å²) in [6.07, 6.45) is 1.46. The lowest BCUT2D eigenvalue weighted by Gasteiger charge is -2.11. The third kappa shape index (κ3) is 3.36. The highest BCUT2D eigenvalue weighted by molar-refractivity contribution is 6.30. The van der Waals surface area contributed by atoms with Crippen molar-refractivity contribution in [3.05, 3.63) is 74.9 Å². The highest BCUT2D eigenvalue weighted by Gasteiger charge is 2.19. The van der Waals surface area contributed by atoms with Crippen molar-refractivity contribution >= 4 is 23.0 Å². The van der Waals surface area contributed by atoms with Crippen molar-refractivity contribution in [1.29, 1.82) is 5.26 Å². The zero-order valence-electron chi connectivity index (χ0n) is 13.7. The molecule has 0 unspecified atom stereocenters. The molecule has 26 heavy (non-hydrogen) atoms. The Morgan fingerprint density at radius 3 is 2.62 bits per heavy atom. The minimum atomic E-state index is -0.576. The highest BCUT2D eigenvalue weighted by Crippen LogP contribution is 2.27. The first kappa shape index (κ1) is 17.5. The van der Waals surface area contributed by atoms with E-state index < -0.39 is 11.4 Å². The Bertz CT molecular complexity index is 1060. The monoisotopic (exact) mass is 368 g/mol. The molecule has 0 bridgehead atoms. The molecular weight excluding hydrogens is 356 g/mol. The molecule has 0 atom stereocenters. The average Bonchev–Trinajstić information content (AvgIpc) is 3.14. The lowest BCUT2D eigenvalue weighted by Crippen LogP contribution is -2.22. The molecule has 0 saturated heterocycles. The number of hydrogen-bond acceptors (Lipinski definition) is 6. The molecule has 0 aliphatic rings. The smallest absolute Gasteiger partial charge is 0.281 e. The first-order chi connectivity index (χ1) is 12.5. The van der Waals surface area contributed by atoms with Crippen molar-refractivity contribution in [2.75, 3.05) is 0 Å². The molecule has 0 aliphatic heterocycles. The number of nitrogens with zero attached hydrogens (tertiary/aromatic N) is 4. The van der Waals surface area contributed by atoms with E-state index in [1.807, 2.05) is 6.07 Å². The van der Waals surface area contributed by atoms with Crippen LogP contribution in [0.2, 0.25) is 5.02 Å². The maximum absolute atomic E-state index is 12.8. The molecule has 3 aromatic rings. The van der Waals surface area contributed by atoms with Crippen LogP contribution in [0.1, 0.15) is 16.9 Å². The zero-order chi connectivity index (χ0) is 18.7. The molecule has 0 amide bonds. The van der Waals surface area contributed by atoms with Gasteiger partial charge in [0.1, 0.15) is 17.4 Å². The van der Waals surface area contributed by atoms with Gasteiger partial charge in [0.15, 0.2) is 5.69 Å². The van der Waals surface area contributed by atoms with Crippen LogP contribution in [0.25, 0.3) is 0 Å². The summed E-state index contributed by atoms with van der Waals surface area (Å²) < 4.78 is 6.24. The van der Waals surface area contributed by atoms with Gasteiger partial charge < -0.3 is 9.52 Å². The zero-order valence-corrected chi connectivity index (χ0v) is 14.4. The quantitative estimate of drug-likeness (QED) is 0.687. The van der Waals surface area contributed by atoms with Crippen molar-refractivity contribution in [2.45, 2.75) is 13.5 Å². The van der Waals surface area contributed by atoms with Crippen LogP contribution in [0.5, 0.6) is 5.88 Å². The second-order valence-electron chi connectivity index (χ2n) is 5.43. The van der Waals surface area contributed by atoms with Crippen molar-refractivity contribution in [2.24, 2.45) is 10.2 Å². The highest BCUT2D eigenvalue weighted by atomic mass is 35.5. The summed E-state index contributed by atoms with van der Waals surface area (Å²) in [6, 6.07) is 11.8. The molecule has 2 aromatic heterocycles. The van der Waals surface area contributed by atoms with Gasteiger partial charge >= 0.3 is 0 Å². The Balaban J connectivity index is 2.10. The van der Waals surface area contributed by atoms with E-state index in [0.29, 0.717) is 16.5 Å². The molecule has 1 aromatic carbocycles. The van der Waals surface area contributed by atoms with Crippen molar-refractivity contribution in [3.63, 3.8) is 0 Å². The number of aromatic nitrogens is 1. The van der Waals surface area contributed by atoms with Crippen LogP contribution in [0.3, 0.4) is 0 Å². The van der Waals surface area contributed by atoms with Crippen LogP contribution in [-0.4, -0.2) is 9.67 Å². The van der Waals surface area contributed by atoms with E-state index in [-0.39, 0.29) is 23.4 Å².